The van der Waals surface area contributed by atoms with Gasteiger partial charge in [-0.3, -0.25) is 4.39 Å². The van der Waals surface area contributed by atoms with Crippen molar-refractivity contribution in [3.63, 3.8) is 0 Å². The first-order valence-corrected chi connectivity index (χ1v) is 9.50. The second-order valence-electron chi connectivity index (χ2n) is 7.15. The molecule has 144 valence electrons. The van der Waals surface area contributed by atoms with Crippen LogP contribution in [0, 0.1) is 25.2 Å². The molecule has 0 radical (unpaired) electrons. The lowest BCUT2D eigenvalue weighted by atomic mass is 9.89. The highest BCUT2D eigenvalue weighted by Gasteiger charge is 2.30. The molecule has 0 aliphatic carbocycles. The summed E-state index contributed by atoms with van der Waals surface area (Å²) in [7, 11) is 1.97. The zero-order valence-electron chi connectivity index (χ0n) is 16.6. The van der Waals surface area contributed by atoms with Crippen LogP contribution in [-0.4, -0.2) is 35.9 Å². The fourth-order valence-electron chi connectivity index (χ4n) is 2.33. The summed E-state index contributed by atoms with van der Waals surface area (Å²) < 4.78 is 23.6. The van der Waals surface area contributed by atoms with Crippen LogP contribution in [0.15, 0.2) is 17.1 Å². The molecular formula is C20H25FN4OS. The zero-order chi connectivity index (χ0) is 20.2. The van der Waals surface area contributed by atoms with Crippen molar-refractivity contribution in [3.8, 4) is 16.9 Å². The van der Waals surface area contributed by atoms with Crippen LogP contribution >= 0.6 is 11.5 Å². The molecule has 0 amide bonds. The van der Waals surface area contributed by atoms with Crippen molar-refractivity contribution in [2.45, 2.75) is 40.0 Å². The lowest BCUT2D eigenvalue weighted by molar-refractivity contribution is 0.345. The first kappa shape index (κ1) is 20.8. The van der Waals surface area contributed by atoms with E-state index in [4.69, 9.17) is 4.74 Å². The van der Waals surface area contributed by atoms with Gasteiger partial charge in [-0.05, 0) is 44.0 Å². The van der Waals surface area contributed by atoms with Gasteiger partial charge in [0, 0.05) is 30.5 Å². The van der Waals surface area contributed by atoms with E-state index in [9.17, 15) is 9.65 Å². The van der Waals surface area contributed by atoms with Gasteiger partial charge in [0.05, 0.1) is 17.7 Å². The summed E-state index contributed by atoms with van der Waals surface area (Å²) >= 11 is 1.08. The molecule has 0 saturated heterocycles. The monoisotopic (exact) mass is 388 g/mol. The van der Waals surface area contributed by atoms with Crippen molar-refractivity contribution in [3.05, 3.63) is 34.5 Å². The summed E-state index contributed by atoms with van der Waals surface area (Å²) in [5, 5.41) is 9.92. The van der Waals surface area contributed by atoms with Gasteiger partial charge in [0.15, 0.2) is 0 Å². The number of aliphatic imine (C=N–C) groups is 1. The van der Waals surface area contributed by atoms with Gasteiger partial charge in [0.25, 0.3) is 0 Å². The second kappa shape index (κ2) is 8.49. The third-order valence-electron chi connectivity index (χ3n) is 4.34. The molecular weight excluding hydrogens is 363 g/mol. The predicted octanol–water partition coefficient (Wildman–Crippen LogP) is 5.28. The fourth-order valence-corrected chi connectivity index (χ4v) is 3.21. The van der Waals surface area contributed by atoms with Crippen molar-refractivity contribution >= 4 is 23.6 Å². The molecule has 1 aromatic carbocycles. The molecule has 2 rings (SSSR count). The Kier molecular flexibility index (Phi) is 6.55. The van der Waals surface area contributed by atoms with E-state index in [0.717, 1.165) is 34.9 Å². The second-order valence-corrected chi connectivity index (χ2v) is 7.88. The molecule has 0 aliphatic heterocycles. The molecule has 0 fully saturated rings. The molecule has 1 aromatic heterocycles. The van der Waals surface area contributed by atoms with E-state index >= 15 is 0 Å². The lowest BCUT2D eigenvalue weighted by Gasteiger charge is -2.17. The number of ether oxygens (including phenoxy) is 1. The van der Waals surface area contributed by atoms with Crippen LogP contribution in [0.5, 0.6) is 10.8 Å². The van der Waals surface area contributed by atoms with E-state index in [1.54, 1.807) is 20.2 Å². The Bertz CT molecular complexity index is 883. The maximum atomic E-state index is 13.3. The molecule has 0 unspecified atom stereocenters. The standard InChI is InChI=1S/C20H25FN4OS/c1-7-25(6)12-23-16-8-14(3)17(9-13(16)2)26-19-15(10-22)18(24-27-19)20(4,5)11-21/h8-9,12H,7,11H2,1-6H3. The number of nitrogens with zero attached hydrogens (tertiary/aromatic N) is 4. The maximum absolute atomic E-state index is 13.3. The van der Waals surface area contributed by atoms with Crippen LogP contribution in [0.3, 0.4) is 0 Å². The van der Waals surface area contributed by atoms with Crippen LogP contribution in [0.25, 0.3) is 0 Å². The molecule has 0 N–H and O–H groups in total. The molecule has 5 nitrogen and oxygen atoms in total. The van der Waals surface area contributed by atoms with Gasteiger partial charge in [0.1, 0.15) is 24.1 Å². The van der Waals surface area contributed by atoms with E-state index in [1.165, 1.54) is 0 Å². The van der Waals surface area contributed by atoms with Crippen molar-refractivity contribution in [1.29, 1.82) is 5.26 Å². The van der Waals surface area contributed by atoms with E-state index in [0.29, 0.717) is 22.1 Å². The normalized spacial score (nSPS) is 11.6. The quantitative estimate of drug-likeness (QED) is 0.478. The average molecular weight is 389 g/mol. The Morgan fingerprint density at radius 2 is 2.07 bits per heavy atom. The highest BCUT2D eigenvalue weighted by atomic mass is 32.1. The van der Waals surface area contributed by atoms with Gasteiger partial charge in [0.2, 0.25) is 5.06 Å². The summed E-state index contributed by atoms with van der Waals surface area (Å²) in [5.74, 6) is 0.639. The smallest absolute Gasteiger partial charge is 0.218 e. The third kappa shape index (κ3) is 4.64. The minimum Gasteiger partial charge on any atom is -0.443 e. The Labute approximate surface area is 164 Å². The first-order valence-electron chi connectivity index (χ1n) is 8.73. The number of aromatic nitrogens is 1. The number of benzene rings is 1. The summed E-state index contributed by atoms with van der Waals surface area (Å²) in [5.41, 5.74) is 2.64. The van der Waals surface area contributed by atoms with E-state index in [1.807, 2.05) is 37.9 Å². The average Bonchev–Trinajstić information content (AvgIpc) is 3.06. The molecule has 7 heteroatoms. The third-order valence-corrected chi connectivity index (χ3v) is 5.06. The summed E-state index contributed by atoms with van der Waals surface area (Å²) in [4.78, 5) is 6.50. The molecule has 0 atom stereocenters. The van der Waals surface area contributed by atoms with Crippen molar-refractivity contribution < 1.29 is 9.13 Å². The molecule has 0 aliphatic rings. The topological polar surface area (TPSA) is 61.5 Å². The van der Waals surface area contributed by atoms with E-state index < -0.39 is 12.1 Å². The fraction of sp³-hybridized carbons (Fsp3) is 0.450. The minimum atomic E-state index is -0.821. The van der Waals surface area contributed by atoms with Crippen molar-refractivity contribution in [2.75, 3.05) is 20.3 Å². The number of halogens is 1. The Morgan fingerprint density at radius 3 is 2.67 bits per heavy atom. The number of rotatable bonds is 7. The Balaban J connectivity index is 2.35. The van der Waals surface area contributed by atoms with Gasteiger partial charge in [-0.2, -0.15) is 9.64 Å². The van der Waals surface area contributed by atoms with Crippen molar-refractivity contribution in [1.82, 2.24) is 9.27 Å². The Morgan fingerprint density at radius 1 is 1.37 bits per heavy atom. The number of alkyl halides is 1. The van der Waals surface area contributed by atoms with Crippen LogP contribution < -0.4 is 4.74 Å². The molecule has 0 saturated carbocycles. The molecule has 1 heterocycles. The maximum Gasteiger partial charge on any atom is 0.218 e. The number of hydrogen-bond acceptors (Lipinski definition) is 5. The van der Waals surface area contributed by atoms with Gasteiger partial charge in [-0.1, -0.05) is 13.8 Å². The summed E-state index contributed by atoms with van der Waals surface area (Å²) in [6.45, 7) is 9.67. The largest absolute Gasteiger partial charge is 0.443 e. The molecule has 27 heavy (non-hydrogen) atoms. The molecule has 2 aromatic rings. The zero-order valence-corrected chi connectivity index (χ0v) is 17.4. The first-order chi connectivity index (χ1) is 12.7. The van der Waals surface area contributed by atoms with Gasteiger partial charge < -0.3 is 9.64 Å². The number of aryl methyl sites for hydroxylation is 2. The van der Waals surface area contributed by atoms with Crippen LogP contribution in [0.1, 0.15) is 43.2 Å². The minimum absolute atomic E-state index is 0.298. The highest BCUT2D eigenvalue weighted by Crippen LogP contribution is 2.39. The number of hydrogen-bond donors (Lipinski definition) is 0. The lowest BCUT2D eigenvalue weighted by Crippen LogP contribution is -2.21. The van der Waals surface area contributed by atoms with Gasteiger partial charge in [-0.15, -0.1) is 0 Å². The summed E-state index contributed by atoms with van der Waals surface area (Å²) in [6, 6.07) is 5.96. The molecule has 0 bridgehead atoms. The van der Waals surface area contributed by atoms with Gasteiger partial charge in [-0.25, -0.2) is 4.99 Å². The van der Waals surface area contributed by atoms with Gasteiger partial charge >= 0.3 is 0 Å². The summed E-state index contributed by atoms with van der Waals surface area (Å²) in [6.07, 6.45) is 1.80. The molecule has 0 spiro atoms. The van der Waals surface area contributed by atoms with Crippen LogP contribution in [0.4, 0.5) is 10.1 Å². The van der Waals surface area contributed by atoms with E-state index in [-0.39, 0.29) is 0 Å². The van der Waals surface area contributed by atoms with E-state index in [2.05, 4.69) is 22.4 Å². The van der Waals surface area contributed by atoms with Crippen LogP contribution in [-0.2, 0) is 5.41 Å². The SMILES string of the molecule is CCN(C)C=Nc1cc(C)c(Oc2snc(C(C)(C)CF)c2C#N)cc1C. The predicted molar refractivity (Wildman–Crippen MR) is 108 cm³/mol. The van der Waals surface area contributed by atoms with Crippen molar-refractivity contribution in [2.24, 2.45) is 4.99 Å². The van der Waals surface area contributed by atoms with Crippen LogP contribution in [0.2, 0.25) is 0 Å². The Hall–Kier alpha value is -2.46. The highest BCUT2D eigenvalue weighted by molar-refractivity contribution is 7.08. The number of nitriles is 1.